The van der Waals surface area contributed by atoms with Crippen LogP contribution in [0.15, 0.2) is 69.7 Å². The van der Waals surface area contributed by atoms with E-state index in [-0.39, 0.29) is 12.3 Å². The maximum atomic E-state index is 11.5. The third-order valence-corrected chi connectivity index (χ3v) is 5.29. The van der Waals surface area contributed by atoms with Gasteiger partial charge >= 0.3 is 5.97 Å². The summed E-state index contributed by atoms with van der Waals surface area (Å²) in [5, 5.41) is 17.5. The van der Waals surface area contributed by atoms with Crippen molar-refractivity contribution in [1.29, 1.82) is 0 Å². The lowest BCUT2D eigenvalue weighted by molar-refractivity contribution is 0.0593. The summed E-state index contributed by atoms with van der Waals surface area (Å²) in [6, 6.07) is 12.4. The molecule has 0 atom stereocenters. The first-order chi connectivity index (χ1) is 15.6. The fraction of sp³-hybridized carbons (Fsp3) is 0.150. The fourth-order valence-corrected chi connectivity index (χ4v) is 3.45. The largest absolute Gasteiger partial charge is 0.484 e. The van der Waals surface area contributed by atoms with Crippen LogP contribution in [0.5, 0.6) is 5.75 Å². The maximum Gasteiger partial charge on any atom is 0.358 e. The molecule has 0 unspecified atom stereocenters. The van der Waals surface area contributed by atoms with E-state index in [2.05, 4.69) is 25.1 Å². The van der Waals surface area contributed by atoms with E-state index in [1.807, 2.05) is 12.1 Å². The number of aromatic nitrogens is 5. The SMILES string of the molecule is COC(=O)c1ccn(CSc2nncn2N=Cc2ccc(COc3ccccc3Cl)o2)n1. The van der Waals surface area contributed by atoms with Crippen LogP contribution in [0.3, 0.4) is 0 Å². The number of carbonyl (C=O) groups excluding carboxylic acids is 1. The zero-order valence-electron chi connectivity index (χ0n) is 16.8. The summed E-state index contributed by atoms with van der Waals surface area (Å²) in [7, 11) is 1.31. The fourth-order valence-electron chi connectivity index (χ4n) is 2.54. The van der Waals surface area contributed by atoms with Crippen molar-refractivity contribution in [3.8, 4) is 5.75 Å². The van der Waals surface area contributed by atoms with Crippen LogP contribution in [-0.2, 0) is 17.2 Å². The number of hydrogen-bond acceptors (Lipinski definition) is 9. The highest BCUT2D eigenvalue weighted by molar-refractivity contribution is 7.98. The third kappa shape index (κ3) is 5.37. The summed E-state index contributed by atoms with van der Waals surface area (Å²) in [6.07, 6.45) is 4.71. The molecule has 0 saturated carbocycles. The molecule has 164 valence electrons. The van der Waals surface area contributed by atoms with Gasteiger partial charge in [0.05, 0.1) is 24.2 Å². The Morgan fingerprint density at radius 1 is 1.28 bits per heavy atom. The predicted molar refractivity (Wildman–Crippen MR) is 117 cm³/mol. The number of rotatable bonds is 9. The third-order valence-electron chi connectivity index (χ3n) is 4.06. The van der Waals surface area contributed by atoms with Crippen molar-refractivity contribution in [2.24, 2.45) is 5.10 Å². The van der Waals surface area contributed by atoms with Gasteiger partial charge in [-0.15, -0.1) is 10.2 Å². The van der Waals surface area contributed by atoms with Gasteiger partial charge in [0.25, 0.3) is 0 Å². The molecule has 0 fully saturated rings. The number of furan rings is 1. The Morgan fingerprint density at radius 3 is 3.00 bits per heavy atom. The van der Waals surface area contributed by atoms with Crippen LogP contribution in [0, 0.1) is 0 Å². The molecular formula is C20H17ClN6O4S. The molecule has 0 bridgehead atoms. The Bertz CT molecular complexity index is 1230. The lowest BCUT2D eigenvalue weighted by atomic mass is 10.3. The summed E-state index contributed by atoms with van der Waals surface area (Å²) < 4.78 is 19.1. The maximum absolute atomic E-state index is 11.5. The molecule has 0 aliphatic heterocycles. The normalized spacial score (nSPS) is 11.2. The Hall–Kier alpha value is -3.57. The number of benzene rings is 1. The van der Waals surface area contributed by atoms with Crippen LogP contribution in [0.4, 0.5) is 0 Å². The van der Waals surface area contributed by atoms with E-state index in [4.69, 9.17) is 20.8 Å². The second kappa shape index (κ2) is 10.2. The number of nitrogens with zero attached hydrogens (tertiary/aromatic N) is 6. The average Bonchev–Trinajstić information content (AvgIpc) is 3.56. The second-order valence-corrected chi connectivity index (χ2v) is 7.55. The van der Waals surface area contributed by atoms with E-state index < -0.39 is 5.97 Å². The minimum absolute atomic E-state index is 0.236. The summed E-state index contributed by atoms with van der Waals surface area (Å²) in [6.45, 7) is 0.239. The Balaban J connectivity index is 1.34. The molecule has 0 saturated heterocycles. The quantitative estimate of drug-likeness (QED) is 0.206. The standard InChI is InChI=1S/C20H17ClN6O4S/c1-29-19(28)17-8-9-26(25-17)13-32-20-24-22-12-27(20)23-10-14-6-7-15(31-14)11-30-18-5-3-2-4-16(18)21/h2-10,12H,11,13H2,1H3. The molecule has 4 aromatic rings. The number of ether oxygens (including phenoxy) is 2. The van der Waals surface area contributed by atoms with E-state index >= 15 is 0 Å². The van der Waals surface area contributed by atoms with Crippen molar-refractivity contribution in [2.45, 2.75) is 17.6 Å². The van der Waals surface area contributed by atoms with E-state index in [1.54, 1.807) is 47.4 Å². The lowest BCUT2D eigenvalue weighted by Crippen LogP contribution is -2.04. The number of thioether (sulfide) groups is 1. The highest BCUT2D eigenvalue weighted by atomic mass is 35.5. The Labute approximate surface area is 191 Å². The van der Waals surface area contributed by atoms with Gasteiger partial charge in [0, 0.05) is 6.20 Å². The van der Waals surface area contributed by atoms with Crippen molar-refractivity contribution < 1.29 is 18.7 Å². The topological polar surface area (TPSA) is 110 Å². The van der Waals surface area contributed by atoms with Crippen LogP contribution in [0.2, 0.25) is 5.02 Å². The van der Waals surface area contributed by atoms with Crippen molar-refractivity contribution in [1.82, 2.24) is 24.7 Å². The van der Waals surface area contributed by atoms with Gasteiger partial charge in [-0.3, -0.25) is 4.68 Å². The van der Waals surface area contributed by atoms with Gasteiger partial charge in [-0.05, 0) is 30.3 Å². The molecule has 0 aliphatic rings. The smallest absolute Gasteiger partial charge is 0.358 e. The van der Waals surface area contributed by atoms with Gasteiger partial charge < -0.3 is 13.9 Å². The lowest BCUT2D eigenvalue weighted by Gasteiger charge is -2.05. The number of methoxy groups -OCH3 is 1. The summed E-state index contributed by atoms with van der Waals surface area (Å²) in [5.74, 6) is 1.68. The molecule has 4 rings (SSSR count). The molecule has 12 heteroatoms. The van der Waals surface area contributed by atoms with E-state index in [9.17, 15) is 4.79 Å². The zero-order chi connectivity index (χ0) is 22.3. The first kappa shape index (κ1) is 21.7. The molecule has 32 heavy (non-hydrogen) atoms. The minimum Gasteiger partial charge on any atom is -0.484 e. The molecule has 0 N–H and O–H groups in total. The van der Waals surface area contributed by atoms with Crippen molar-refractivity contribution in [3.05, 3.63) is 77.2 Å². The number of halogens is 1. The van der Waals surface area contributed by atoms with Gasteiger partial charge in [-0.2, -0.15) is 14.9 Å². The molecule has 0 amide bonds. The van der Waals surface area contributed by atoms with Gasteiger partial charge in [0.15, 0.2) is 5.69 Å². The van der Waals surface area contributed by atoms with Gasteiger partial charge in [0.2, 0.25) is 5.16 Å². The minimum atomic E-state index is -0.489. The average molecular weight is 473 g/mol. The van der Waals surface area contributed by atoms with Crippen LogP contribution >= 0.6 is 23.4 Å². The molecule has 10 nitrogen and oxygen atoms in total. The Kier molecular flexibility index (Phi) is 6.87. The number of hydrogen-bond donors (Lipinski definition) is 0. The van der Waals surface area contributed by atoms with Crippen LogP contribution < -0.4 is 4.74 Å². The van der Waals surface area contributed by atoms with Gasteiger partial charge in [0.1, 0.15) is 30.2 Å². The summed E-state index contributed by atoms with van der Waals surface area (Å²) >= 11 is 7.43. The van der Waals surface area contributed by atoms with Crippen molar-refractivity contribution >= 4 is 35.5 Å². The van der Waals surface area contributed by atoms with Crippen molar-refractivity contribution in [2.75, 3.05) is 7.11 Å². The molecule has 0 radical (unpaired) electrons. The molecular weight excluding hydrogens is 456 g/mol. The highest BCUT2D eigenvalue weighted by Crippen LogP contribution is 2.24. The number of para-hydroxylation sites is 1. The van der Waals surface area contributed by atoms with E-state index in [0.717, 1.165) is 0 Å². The molecule has 1 aromatic carbocycles. The monoisotopic (exact) mass is 472 g/mol. The van der Waals surface area contributed by atoms with E-state index in [0.29, 0.717) is 33.3 Å². The first-order valence-electron chi connectivity index (χ1n) is 9.27. The molecule has 3 aromatic heterocycles. The highest BCUT2D eigenvalue weighted by Gasteiger charge is 2.11. The molecule has 0 spiro atoms. The number of carbonyl (C=O) groups is 1. The van der Waals surface area contributed by atoms with Crippen LogP contribution in [0.25, 0.3) is 0 Å². The summed E-state index contributed by atoms with van der Waals surface area (Å²) in [4.78, 5) is 11.5. The zero-order valence-corrected chi connectivity index (χ0v) is 18.4. The van der Waals surface area contributed by atoms with Gasteiger partial charge in [-0.1, -0.05) is 35.5 Å². The predicted octanol–water partition coefficient (Wildman–Crippen LogP) is 3.72. The van der Waals surface area contributed by atoms with Crippen LogP contribution in [0.1, 0.15) is 22.0 Å². The number of esters is 1. The molecule has 3 heterocycles. The first-order valence-corrected chi connectivity index (χ1v) is 10.6. The Morgan fingerprint density at radius 2 is 2.16 bits per heavy atom. The molecule has 0 aliphatic carbocycles. The van der Waals surface area contributed by atoms with Crippen LogP contribution in [-0.4, -0.2) is 43.9 Å². The van der Waals surface area contributed by atoms with Gasteiger partial charge in [-0.25, -0.2) is 4.79 Å². The van der Waals surface area contributed by atoms with E-state index in [1.165, 1.54) is 29.9 Å². The summed E-state index contributed by atoms with van der Waals surface area (Å²) in [5.41, 5.74) is 0.236. The van der Waals surface area contributed by atoms with Crippen molar-refractivity contribution in [3.63, 3.8) is 0 Å². The second-order valence-electron chi connectivity index (χ2n) is 6.23.